The summed E-state index contributed by atoms with van der Waals surface area (Å²) >= 11 is 0. The van der Waals surface area contributed by atoms with E-state index in [0.29, 0.717) is 0 Å². The number of hydrogen-bond acceptors (Lipinski definition) is 6. The number of ketones is 1. The van der Waals surface area contributed by atoms with Gasteiger partial charge in [0.2, 0.25) is 0 Å². The van der Waals surface area contributed by atoms with Gasteiger partial charge in [-0.05, 0) is 47.5 Å². The third-order valence-corrected chi connectivity index (χ3v) is 5.39. The molecule has 0 aromatic carbocycles. The second-order valence-corrected chi connectivity index (χ2v) is 8.39. The predicted octanol–water partition coefficient (Wildman–Crippen LogP) is 3.58. The second kappa shape index (κ2) is 8.80. The van der Waals surface area contributed by atoms with Gasteiger partial charge in [-0.2, -0.15) is 0 Å². The molecule has 0 bridgehead atoms. The molecule has 0 rings (SSSR count). The number of Topliss-reactive ketones (excluding diaryl/α,β-unsaturated/α-hetero) is 1. The summed E-state index contributed by atoms with van der Waals surface area (Å²) < 4.78 is 28.9. The van der Waals surface area contributed by atoms with Crippen LogP contribution in [0, 0.1) is 5.92 Å². The molecule has 6 nitrogen and oxygen atoms in total. The van der Waals surface area contributed by atoms with Crippen LogP contribution in [-0.2, 0) is 27.9 Å². The minimum absolute atomic E-state index is 0.0967. The van der Waals surface area contributed by atoms with Gasteiger partial charge in [-0.25, -0.2) is 0 Å². The molecule has 0 radical (unpaired) electrons. The van der Waals surface area contributed by atoms with Gasteiger partial charge < -0.3 is 18.6 Å². The Kier molecular flexibility index (Phi) is 8.52. The van der Waals surface area contributed by atoms with Crippen LogP contribution in [0.3, 0.4) is 0 Å². The Morgan fingerprint density at radius 1 is 1.09 bits per heavy atom. The summed E-state index contributed by atoms with van der Waals surface area (Å²) in [6.45, 7) is 11.9. The van der Waals surface area contributed by atoms with E-state index in [4.69, 9.17) is 13.8 Å². The fraction of sp³-hybridized carbons (Fsp3) is 0.867. The van der Waals surface area contributed by atoms with E-state index in [9.17, 15) is 14.2 Å². The Morgan fingerprint density at radius 2 is 1.55 bits per heavy atom. The molecular weight excluding hydrogens is 307 g/mol. The normalized spacial score (nSPS) is 15.2. The lowest BCUT2D eigenvalue weighted by molar-refractivity contribution is -0.155. The fourth-order valence-electron chi connectivity index (χ4n) is 2.16. The Hall–Kier alpha value is -0.710. The molecule has 0 spiro atoms. The first-order valence-corrected chi connectivity index (χ1v) is 9.19. The quantitative estimate of drug-likeness (QED) is 0.473. The van der Waals surface area contributed by atoms with Crippen molar-refractivity contribution in [1.82, 2.24) is 0 Å². The minimum atomic E-state index is -3.71. The maximum atomic E-state index is 13.0. The van der Waals surface area contributed by atoms with E-state index in [1.54, 1.807) is 41.5 Å². The molecule has 0 saturated heterocycles. The lowest BCUT2D eigenvalue weighted by atomic mass is 10.0. The van der Waals surface area contributed by atoms with Gasteiger partial charge in [0.25, 0.3) is 0 Å². The fourth-order valence-corrected chi connectivity index (χ4v) is 4.31. The van der Waals surface area contributed by atoms with Crippen LogP contribution in [0.5, 0.6) is 0 Å². The molecule has 0 aliphatic heterocycles. The summed E-state index contributed by atoms with van der Waals surface area (Å²) in [5, 5.41) is 0. The lowest BCUT2D eigenvalue weighted by Gasteiger charge is -2.31. The van der Waals surface area contributed by atoms with Crippen LogP contribution in [0.4, 0.5) is 0 Å². The summed E-state index contributed by atoms with van der Waals surface area (Å²) in [5.41, 5.74) is -1.84. The zero-order valence-electron chi connectivity index (χ0n) is 14.7. The molecule has 0 N–H and O–H groups in total. The first-order chi connectivity index (χ1) is 9.96. The Balaban J connectivity index is 5.60. The van der Waals surface area contributed by atoms with Crippen molar-refractivity contribution >= 4 is 19.3 Å². The van der Waals surface area contributed by atoms with Crippen LogP contribution < -0.4 is 0 Å². The second-order valence-electron chi connectivity index (χ2n) is 6.24. The Labute approximate surface area is 133 Å². The smallest absolute Gasteiger partial charge is 0.345 e. The van der Waals surface area contributed by atoms with Gasteiger partial charge in [0.1, 0.15) is 11.4 Å². The average molecular weight is 336 g/mol. The number of esters is 1. The van der Waals surface area contributed by atoms with Crippen LogP contribution in [-0.4, -0.2) is 36.2 Å². The van der Waals surface area contributed by atoms with Gasteiger partial charge in [0.05, 0.1) is 13.2 Å². The number of ether oxygens (including phenoxy) is 1. The molecule has 0 amide bonds. The molecule has 130 valence electrons. The topological polar surface area (TPSA) is 78.9 Å². The largest absolute Gasteiger partial charge is 0.459 e. The van der Waals surface area contributed by atoms with Crippen molar-refractivity contribution in [3.63, 3.8) is 0 Å². The highest BCUT2D eigenvalue weighted by atomic mass is 31.2. The summed E-state index contributed by atoms with van der Waals surface area (Å²) in [6.07, 6.45) is 0.105. The molecule has 0 fully saturated rings. The molecule has 0 heterocycles. The van der Waals surface area contributed by atoms with E-state index in [1.165, 1.54) is 6.92 Å². The van der Waals surface area contributed by atoms with Crippen molar-refractivity contribution in [3.05, 3.63) is 0 Å². The number of hydrogen-bond donors (Lipinski definition) is 0. The zero-order chi connectivity index (χ0) is 17.6. The highest BCUT2D eigenvalue weighted by Crippen LogP contribution is 2.56. The van der Waals surface area contributed by atoms with Gasteiger partial charge in [-0.1, -0.05) is 6.92 Å². The third kappa shape index (κ3) is 7.03. The molecule has 0 aromatic heterocycles. The van der Waals surface area contributed by atoms with Gasteiger partial charge in [0.15, 0.2) is 5.66 Å². The number of rotatable bonds is 9. The summed E-state index contributed by atoms with van der Waals surface area (Å²) in [6, 6.07) is 0. The first-order valence-electron chi connectivity index (χ1n) is 7.58. The zero-order valence-corrected chi connectivity index (χ0v) is 15.6. The van der Waals surface area contributed by atoms with E-state index in [-0.39, 0.29) is 25.4 Å². The summed E-state index contributed by atoms with van der Waals surface area (Å²) in [4.78, 5) is 23.9. The standard InChI is InChI=1S/C15H29O6P/c1-8-19-22(18,20-9-2)13(11(3)10-12(4)16)14(17)21-15(5,6)7/h11,13H,8-10H2,1-7H3. The van der Waals surface area contributed by atoms with Crippen LogP contribution >= 0.6 is 7.60 Å². The van der Waals surface area contributed by atoms with Gasteiger partial charge in [-0.3, -0.25) is 9.36 Å². The molecule has 0 aromatic rings. The highest BCUT2D eigenvalue weighted by molar-refractivity contribution is 7.55. The number of carbonyl (C=O) groups is 2. The van der Waals surface area contributed by atoms with Crippen molar-refractivity contribution in [3.8, 4) is 0 Å². The highest BCUT2D eigenvalue weighted by Gasteiger charge is 2.47. The molecule has 2 unspecified atom stereocenters. The third-order valence-electron chi connectivity index (χ3n) is 2.76. The Bertz CT molecular complexity index is 416. The Morgan fingerprint density at radius 3 is 1.86 bits per heavy atom. The monoisotopic (exact) mass is 336 g/mol. The molecule has 22 heavy (non-hydrogen) atoms. The van der Waals surface area contributed by atoms with E-state index in [0.717, 1.165) is 0 Å². The van der Waals surface area contributed by atoms with E-state index in [2.05, 4.69) is 0 Å². The van der Waals surface area contributed by atoms with Crippen LogP contribution in [0.2, 0.25) is 0 Å². The maximum absolute atomic E-state index is 13.0. The lowest BCUT2D eigenvalue weighted by Crippen LogP contribution is -2.37. The summed E-state index contributed by atoms with van der Waals surface area (Å²) in [5.74, 6) is -1.26. The maximum Gasteiger partial charge on any atom is 0.345 e. The number of carbonyl (C=O) groups excluding carboxylic acids is 2. The molecule has 0 aliphatic carbocycles. The van der Waals surface area contributed by atoms with Crippen molar-refractivity contribution in [2.75, 3.05) is 13.2 Å². The van der Waals surface area contributed by atoms with Crippen molar-refractivity contribution in [2.45, 2.75) is 66.1 Å². The van der Waals surface area contributed by atoms with E-state index in [1.807, 2.05) is 0 Å². The van der Waals surface area contributed by atoms with Crippen LogP contribution in [0.1, 0.15) is 54.9 Å². The first kappa shape index (κ1) is 21.3. The molecular formula is C15H29O6P. The molecule has 0 aliphatic rings. The molecule has 2 atom stereocenters. The van der Waals surface area contributed by atoms with Crippen molar-refractivity contribution in [2.24, 2.45) is 5.92 Å². The van der Waals surface area contributed by atoms with Crippen molar-refractivity contribution in [1.29, 1.82) is 0 Å². The molecule has 0 saturated carbocycles. The predicted molar refractivity (Wildman–Crippen MR) is 85.0 cm³/mol. The minimum Gasteiger partial charge on any atom is -0.459 e. The average Bonchev–Trinajstić information content (AvgIpc) is 2.25. The van der Waals surface area contributed by atoms with Gasteiger partial charge in [0, 0.05) is 6.42 Å². The SMILES string of the molecule is CCOP(=O)(OCC)C(C(=O)OC(C)(C)C)C(C)CC(C)=O. The van der Waals surface area contributed by atoms with E-state index < -0.39 is 30.7 Å². The summed E-state index contributed by atoms with van der Waals surface area (Å²) in [7, 11) is -3.71. The van der Waals surface area contributed by atoms with Crippen molar-refractivity contribution < 1.29 is 27.9 Å². The molecule has 7 heteroatoms. The van der Waals surface area contributed by atoms with E-state index >= 15 is 0 Å². The van der Waals surface area contributed by atoms with Crippen LogP contribution in [0.15, 0.2) is 0 Å². The van der Waals surface area contributed by atoms with Gasteiger partial charge in [-0.15, -0.1) is 0 Å². The van der Waals surface area contributed by atoms with Gasteiger partial charge >= 0.3 is 13.6 Å². The van der Waals surface area contributed by atoms with Crippen LogP contribution in [0.25, 0.3) is 0 Å².